The van der Waals surface area contributed by atoms with Crippen molar-refractivity contribution in [3.8, 4) is 0 Å². The number of rotatable bonds is 7. The third-order valence-corrected chi connectivity index (χ3v) is 6.37. The molecule has 1 amide bonds. The van der Waals surface area contributed by atoms with Crippen LogP contribution in [0.25, 0.3) is 11.2 Å². The number of aryl methyl sites for hydroxylation is 3. The average molecular weight is 440 g/mol. The zero-order valence-corrected chi connectivity index (χ0v) is 18.0. The van der Waals surface area contributed by atoms with Gasteiger partial charge in [-0.2, -0.15) is 14.4 Å². The standard InChI is InChI=1S/C23H26F2N6O/c1-2-12-9-13-3-6-17(24)16(13)10-14(12)11-18-28-20-21(26)29-23(25)30-22(20)31(18)8-7-19(32)27-15-4-5-15/h9-10,15,17H,2-8,11H2,1H3,(H,27,32)(H2,26,29,30). The van der Waals surface area contributed by atoms with Crippen LogP contribution in [0.2, 0.25) is 0 Å². The Kier molecular flexibility index (Phi) is 5.27. The van der Waals surface area contributed by atoms with Crippen molar-refractivity contribution >= 4 is 22.9 Å². The molecule has 2 aliphatic rings. The Balaban J connectivity index is 1.52. The third-order valence-electron chi connectivity index (χ3n) is 6.37. The highest BCUT2D eigenvalue weighted by Gasteiger charge is 2.26. The van der Waals surface area contributed by atoms with Gasteiger partial charge < -0.3 is 15.6 Å². The van der Waals surface area contributed by atoms with Crippen molar-refractivity contribution in [3.05, 3.63) is 46.3 Å². The van der Waals surface area contributed by atoms with Crippen molar-refractivity contribution in [3.63, 3.8) is 0 Å². The van der Waals surface area contributed by atoms with E-state index in [-0.39, 0.29) is 29.8 Å². The van der Waals surface area contributed by atoms with E-state index >= 15 is 0 Å². The number of carbonyl (C=O) groups excluding carboxylic acids is 1. The number of anilines is 1. The summed E-state index contributed by atoms with van der Waals surface area (Å²) in [6.45, 7) is 2.36. The van der Waals surface area contributed by atoms with Gasteiger partial charge in [0.05, 0.1) is 0 Å². The fourth-order valence-electron chi connectivity index (χ4n) is 4.52. The molecule has 0 saturated heterocycles. The maximum atomic E-state index is 14.4. The maximum absolute atomic E-state index is 14.4. The largest absolute Gasteiger partial charge is 0.382 e. The van der Waals surface area contributed by atoms with Crippen molar-refractivity contribution in [1.82, 2.24) is 24.8 Å². The van der Waals surface area contributed by atoms with Gasteiger partial charge in [-0.1, -0.05) is 19.1 Å². The molecule has 0 spiro atoms. The highest BCUT2D eigenvalue weighted by molar-refractivity contribution is 5.82. The number of hydrogen-bond acceptors (Lipinski definition) is 5. The molecule has 1 atom stereocenters. The summed E-state index contributed by atoms with van der Waals surface area (Å²) in [5.74, 6) is 0.507. The topological polar surface area (TPSA) is 98.7 Å². The molecule has 168 valence electrons. The van der Waals surface area contributed by atoms with Gasteiger partial charge >= 0.3 is 6.08 Å². The van der Waals surface area contributed by atoms with Gasteiger partial charge in [0.15, 0.2) is 17.0 Å². The van der Waals surface area contributed by atoms with Crippen molar-refractivity contribution in [1.29, 1.82) is 0 Å². The van der Waals surface area contributed by atoms with Crippen LogP contribution < -0.4 is 11.1 Å². The van der Waals surface area contributed by atoms with Gasteiger partial charge in [0.2, 0.25) is 5.91 Å². The Labute approximate surface area is 184 Å². The predicted molar refractivity (Wildman–Crippen MR) is 116 cm³/mol. The number of fused-ring (bicyclic) bond motifs is 2. The molecule has 1 aromatic carbocycles. The number of carbonyl (C=O) groups is 1. The first-order valence-electron chi connectivity index (χ1n) is 11.2. The Hall–Kier alpha value is -3.10. The van der Waals surface area contributed by atoms with E-state index in [1.807, 2.05) is 6.07 Å². The van der Waals surface area contributed by atoms with Gasteiger partial charge in [0.1, 0.15) is 12.0 Å². The quantitative estimate of drug-likeness (QED) is 0.549. The summed E-state index contributed by atoms with van der Waals surface area (Å²) in [5.41, 5.74) is 10.4. The van der Waals surface area contributed by atoms with Crippen molar-refractivity contribution < 1.29 is 13.6 Å². The van der Waals surface area contributed by atoms with Gasteiger partial charge in [-0.15, -0.1) is 0 Å². The highest BCUT2D eigenvalue weighted by atomic mass is 19.1. The molecule has 5 rings (SSSR count). The number of nitrogens with zero attached hydrogens (tertiary/aromatic N) is 4. The molecule has 32 heavy (non-hydrogen) atoms. The van der Waals surface area contributed by atoms with Crippen LogP contribution in [0, 0.1) is 6.08 Å². The van der Waals surface area contributed by atoms with Crippen molar-refractivity contribution in [2.45, 2.75) is 70.6 Å². The minimum atomic E-state index is -0.949. The minimum Gasteiger partial charge on any atom is -0.382 e. The van der Waals surface area contributed by atoms with Crippen molar-refractivity contribution in [2.24, 2.45) is 0 Å². The number of benzene rings is 1. The molecule has 2 heterocycles. The van der Waals surface area contributed by atoms with Gasteiger partial charge in [0.25, 0.3) is 0 Å². The number of nitrogen functional groups attached to an aromatic ring is 1. The number of nitrogens with one attached hydrogen (secondary N) is 1. The summed E-state index contributed by atoms with van der Waals surface area (Å²) in [4.78, 5) is 24.4. The van der Waals surface area contributed by atoms with Crippen LogP contribution in [-0.2, 0) is 30.6 Å². The van der Waals surface area contributed by atoms with Crippen LogP contribution in [0.4, 0.5) is 14.6 Å². The molecule has 3 N–H and O–H groups in total. The number of alkyl halides is 1. The van der Waals surface area contributed by atoms with Crippen LogP contribution >= 0.6 is 0 Å². The van der Waals surface area contributed by atoms with Gasteiger partial charge in [-0.05, 0) is 54.4 Å². The first-order valence-corrected chi connectivity index (χ1v) is 11.2. The first-order chi connectivity index (χ1) is 15.4. The fourth-order valence-corrected chi connectivity index (χ4v) is 4.52. The Morgan fingerprint density at radius 1 is 1.22 bits per heavy atom. The number of imidazole rings is 1. The molecule has 1 fully saturated rings. The summed E-state index contributed by atoms with van der Waals surface area (Å²) < 4.78 is 30.1. The molecule has 0 radical (unpaired) electrons. The summed E-state index contributed by atoms with van der Waals surface area (Å²) in [6, 6.07) is 4.29. The second-order valence-corrected chi connectivity index (χ2v) is 8.68. The lowest BCUT2D eigenvalue weighted by molar-refractivity contribution is -0.121. The lowest BCUT2D eigenvalue weighted by atomic mass is 9.96. The van der Waals surface area contributed by atoms with Gasteiger partial charge in [0, 0.05) is 25.4 Å². The summed E-state index contributed by atoms with van der Waals surface area (Å²) in [7, 11) is 0. The fraction of sp³-hybridized carbons (Fsp3) is 0.478. The van der Waals surface area contributed by atoms with E-state index in [1.54, 1.807) is 4.57 Å². The molecular formula is C23H26F2N6O. The SMILES string of the molecule is CCc1cc2c(cc1Cc1nc3c(N)nc(F)nc3n1CCC(=O)NC1CC1)C(F)CC2. The lowest BCUT2D eigenvalue weighted by Crippen LogP contribution is -2.26. The first kappa shape index (κ1) is 20.8. The molecule has 0 aliphatic heterocycles. The van der Waals surface area contributed by atoms with Crippen LogP contribution in [0.5, 0.6) is 0 Å². The van der Waals surface area contributed by atoms with Crippen LogP contribution in [0.1, 0.15) is 66.9 Å². The van der Waals surface area contributed by atoms with E-state index in [1.165, 1.54) is 0 Å². The second-order valence-electron chi connectivity index (χ2n) is 8.68. The molecule has 1 unspecified atom stereocenters. The molecule has 9 heteroatoms. The number of halogens is 2. The maximum Gasteiger partial charge on any atom is 0.312 e. The third kappa shape index (κ3) is 3.91. The monoisotopic (exact) mass is 440 g/mol. The van der Waals surface area contributed by atoms with Gasteiger partial charge in [-0.3, -0.25) is 4.79 Å². The van der Waals surface area contributed by atoms with Gasteiger partial charge in [-0.25, -0.2) is 9.37 Å². The van der Waals surface area contributed by atoms with E-state index < -0.39 is 12.2 Å². The molecule has 2 aromatic heterocycles. The van der Waals surface area contributed by atoms with E-state index in [4.69, 9.17) is 5.73 Å². The van der Waals surface area contributed by atoms with E-state index in [0.717, 1.165) is 47.9 Å². The highest BCUT2D eigenvalue weighted by Crippen LogP contribution is 2.36. The molecule has 1 saturated carbocycles. The number of aromatic nitrogens is 4. The number of hydrogen-bond donors (Lipinski definition) is 2. The number of amides is 1. The zero-order chi connectivity index (χ0) is 22.4. The summed E-state index contributed by atoms with van der Waals surface area (Å²) in [6.07, 6.45) is 2.84. The van der Waals surface area contributed by atoms with E-state index in [9.17, 15) is 13.6 Å². The lowest BCUT2D eigenvalue weighted by Gasteiger charge is -2.14. The Morgan fingerprint density at radius 3 is 2.78 bits per heavy atom. The molecule has 0 bridgehead atoms. The molecule has 2 aliphatic carbocycles. The smallest absolute Gasteiger partial charge is 0.312 e. The predicted octanol–water partition coefficient (Wildman–Crippen LogP) is 3.33. The number of nitrogens with two attached hydrogens (primary N) is 1. The Bertz CT molecular complexity index is 1200. The Morgan fingerprint density at radius 2 is 2.03 bits per heavy atom. The molecule has 3 aromatic rings. The van der Waals surface area contributed by atoms with E-state index in [2.05, 4.69) is 33.3 Å². The van der Waals surface area contributed by atoms with E-state index in [0.29, 0.717) is 30.7 Å². The summed E-state index contributed by atoms with van der Waals surface area (Å²) in [5, 5.41) is 2.96. The summed E-state index contributed by atoms with van der Waals surface area (Å²) >= 11 is 0. The minimum absolute atomic E-state index is 0.0385. The van der Waals surface area contributed by atoms with Crippen LogP contribution in [-0.4, -0.2) is 31.5 Å². The normalized spacial score (nSPS) is 17.7. The van der Waals surface area contributed by atoms with Crippen molar-refractivity contribution in [2.75, 3.05) is 5.73 Å². The average Bonchev–Trinajstić information content (AvgIpc) is 3.40. The second kappa shape index (κ2) is 8.11. The molecule has 7 nitrogen and oxygen atoms in total. The zero-order valence-electron chi connectivity index (χ0n) is 18.0. The van der Waals surface area contributed by atoms with Crippen LogP contribution in [0.3, 0.4) is 0 Å². The molecular weight excluding hydrogens is 414 g/mol. The van der Waals surface area contributed by atoms with Crippen LogP contribution in [0.15, 0.2) is 12.1 Å².